The van der Waals surface area contributed by atoms with Crippen LogP contribution in [-0.4, -0.2) is 17.0 Å². The Hall–Kier alpha value is -2.24. The van der Waals surface area contributed by atoms with Gasteiger partial charge in [0, 0.05) is 19.5 Å². The number of ether oxygens (including phenoxy) is 1. The van der Waals surface area contributed by atoms with Crippen molar-refractivity contribution < 1.29 is 13.5 Å². The van der Waals surface area contributed by atoms with Crippen molar-refractivity contribution in [2.75, 3.05) is 12.4 Å². The summed E-state index contributed by atoms with van der Waals surface area (Å²) < 4.78 is 32.3. The predicted molar refractivity (Wildman–Crippen MR) is 76.7 cm³/mol. The highest BCUT2D eigenvalue weighted by molar-refractivity contribution is 5.49. The van der Waals surface area contributed by atoms with Crippen LogP contribution in [0.2, 0.25) is 0 Å². The molecule has 0 bridgehead atoms. The zero-order chi connectivity index (χ0) is 15.4. The zero-order valence-electron chi connectivity index (χ0n) is 12.2. The third-order valence-electron chi connectivity index (χ3n) is 2.96. The molecular weight excluding hydrogens is 276 g/mol. The standard InChI is InChI=1S/C15H17F2N3O/c1-4-5-13-19-14(18-3)9(2)15(20-13)21-12-8-10(16)6-7-11(12)17/h6-8H,4-5H2,1-3H3,(H,18,19,20). The molecule has 0 aliphatic carbocycles. The maximum Gasteiger partial charge on any atom is 0.227 e. The van der Waals surface area contributed by atoms with Crippen molar-refractivity contribution in [3.63, 3.8) is 0 Å². The third-order valence-corrected chi connectivity index (χ3v) is 2.96. The molecular formula is C15H17F2N3O. The number of rotatable bonds is 5. The maximum absolute atomic E-state index is 13.7. The number of benzene rings is 1. The maximum atomic E-state index is 13.7. The van der Waals surface area contributed by atoms with E-state index in [2.05, 4.69) is 15.3 Å². The van der Waals surface area contributed by atoms with Crippen LogP contribution in [-0.2, 0) is 6.42 Å². The number of hydrogen-bond acceptors (Lipinski definition) is 4. The van der Waals surface area contributed by atoms with Crippen LogP contribution in [0, 0.1) is 18.6 Å². The van der Waals surface area contributed by atoms with Gasteiger partial charge in [0.25, 0.3) is 0 Å². The van der Waals surface area contributed by atoms with E-state index < -0.39 is 11.6 Å². The Morgan fingerprint density at radius 3 is 2.67 bits per heavy atom. The van der Waals surface area contributed by atoms with Gasteiger partial charge in [0.2, 0.25) is 5.88 Å². The van der Waals surface area contributed by atoms with Gasteiger partial charge in [-0.1, -0.05) is 6.92 Å². The van der Waals surface area contributed by atoms with Crippen LogP contribution < -0.4 is 10.1 Å². The van der Waals surface area contributed by atoms with Gasteiger partial charge in [0.15, 0.2) is 11.6 Å². The number of aromatic nitrogens is 2. The highest BCUT2D eigenvalue weighted by Crippen LogP contribution is 2.29. The monoisotopic (exact) mass is 293 g/mol. The van der Waals surface area contributed by atoms with Crippen LogP contribution in [0.3, 0.4) is 0 Å². The van der Waals surface area contributed by atoms with E-state index in [0.717, 1.165) is 24.6 Å². The van der Waals surface area contributed by atoms with Crippen molar-refractivity contribution in [3.05, 3.63) is 41.2 Å². The second-order valence-electron chi connectivity index (χ2n) is 4.60. The number of nitrogens with one attached hydrogen (secondary N) is 1. The molecule has 2 rings (SSSR count). The van der Waals surface area contributed by atoms with E-state index in [1.807, 2.05) is 6.92 Å². The lowest BCUT2D eigenvalue weighted by atomic mass is 10.2. The molecule has 1 aromatic heterocycles. The van der Waals surface area contributed by atoms with E-state index in [4.69, 9.17) is 4.74 Å². The van der Waals surface area contributed by atoms with E-state index in [1.165, 1.54) is 0 Å². The van der Waals surface area contributed by atoms with Gasteiger partial charge >= 0.3 is 0 Å². The molecule has 0 saturated heterocycles. The molecule has 21 heavy (non-hydrogen) atoms. The molecule has 112 valence electrons. The average molecular weight is 293 g/mol. The molecule has 1 aromatic carbocycles. The summed E-state index contributed by atoms with van der Waals surface area (Å²) in [6.07, 6.45) is 1.55. The highest BCUT2D eigenvalue weighted by atomic mass is 19.1. The largest absolute Gasteiger partial charge is 0.435 e. The fourth-order valence-electron chi connectivity index (χ4n) is 1.88. The third kappa shape index (κ3) is 3.45. The molecule has 1 heterocycles. The van der Waals surface area contributed by atoms with Gasteiger partial charge in [-0.25, -0.2) is 13.8 Å². The second-order valence-corrected chi connectivity index (χ2v) is 4.60. The number of nitrogens with zero attached hydrogens (tertiary/aromatic N) is 2. The molecule has 0 aliphatic heterocycles. The van der Waals surface area contributed by atoms with Gasteiger partial charge in [-0.05, 0) is 25.5 Å². The summed E-state index contributed by atoms with van der Waals surface area (Å²) in [7, 11) is 1.73. The fourth-order valence-corrected chi connectivity index (χ4v) is 1.88. The van der Waals surface area contributed by atoms with Crippen LogP contribution in [0.25, 0.3) is 0 Å². The van der Waals surface area contributed by atoms with Crippen LogP contribution in [0.5, 0.6) is 11.6 Å². The Balaban J connectivity index is 2.42. The van der Waals surface area contributed by atoms with Gasteiger partial charge in [0.05, 0.1) is 5.56 Å². The minimum Gasteiger partial charge on any atom is -0.435 e. The number of anilines is 1. The second kappa shape index (κ2) is 6.47. The average Bonchev–Trinajstić information content (AvgIpc) is 2.46. The normalized spacial score (nSPS) is 10.5. The molecule has 6 heteroatoms. The predicted octanol–water partition coefficient (Wildman–Crippen LogP) is 3.85. The highest BCUT2D eigenvalue weighted by Gasteiger charge is 2.14. The quantitative estimate of drug-likeness (QED) is 0.909. The Bertz CT molecular complexity index is 647. The van der Waals surface area contributed by atoms with Crippen molar-refractivity contribution in [1.82, 2.24) is 9.97 Å². The first kappa shape index (κ1) is 15.2. The molecule has 0 amide bonds. The van der Waals surface area contributed by atoms with Crippen molar-refractivity contribution in [3.8, 4) is 11.6 Å². The van der Waals surface area contributed by atoms with Crippen LogP contribution in [0.15, 0.2) is 18.2 Å². The van der Waals surface area contributed by atoms with Crippen molar-refractivity contribution >= 4 is 5.82 Å². The Morgan fingerprint density at radius 2 is 2.00 bits per heavy atom. The lowest BCUT2D eigenvalue weighted by Gasteiger charge is -2.13. The Morgan fingerprint density at radius 1 is 1.24 bits per heavy atom. The van der Waals surface area contributed by atoms with Gasteiger partial charge < -0.3 is 10.1 Å². The molecule has 0 radical (unpaired) electrons. The molecule has 0 atom stereocenters. The molecule has 0 fully saturated rings. The molecule has 1 N–H and O–H groups in total. The van der Waals surface area contributed by atoms with Crippen molar-refractivity contribution in [2.24, 2.45) is 0 Å². The molecule has 0 aliphatic rings. The summed E-state index contributed by atoms with van der Waals surface area (Å²) in [4.78, 5) is 8.63. The van der Waals surface area contributed by atoms with Crippen LogP contribution in [0.4, 0.5) is 14.6 Å². The molecule has 0 saturated carbocycles. The van der Waals surface area contributed by atoms with E-state index in [9.17, 15) is 8.78 Å². The summed E-state index contributed by atoms with van der Waals surface area (Å²) in [6.45, 7) is 3.77. The number of aryl methyl sites for hydroxylation is 1. The lowest BCUT2D eigenvalue weighted by molar-refractivity contribution is 0.417. The molecule has 2 aromatic rings. The minimum absolute atomic E-state index is 0.193. The summed E-state index contributed by atoms with van der Waals surface area (Å²) in [5.74, 6) is 0.0290. The molecule has 0 spiro atoms. The summed E-state index contributed by atoms with van der Waals surface area (Å²) in [5.41, 5.74) is 0.640. The number of hydrogen-bond donors (Lipinski definition) is 1. The van der Waals surface area contributed by atoms with Gasteiger partial charge in [0.1, 0.15) is 17.5 Å². The van der Waals surface area contributed by atoms with Crippen molar-refractivity contribution in [2.45, 2.75) is 26.7 Å². The minimum atomic E-state index is -0.641. The number of halogens is 2. The van der Waals surface area contributed by atoms with Crippen LogP contribution >= 0.6 is 0 Å². The zero-order valence-corrected chi connectivity index (χ0v) is 12.2. The lowest BCUT2D eigenvalue weighted by Crippen LogP contribution is -2.05. The first-order valence-electron chi connectivity index (χ1n) is 6.73. The van der Waals surface area contributed by atoms with Crippen molar-refractivity contribution in [1.29, 1.82) is 0 Å². The first-order chi connectivity index (χ1) is 10.0. The smallest absolute Gasteiger partial charge is 0.227 e. The van der Waals surface area contributed by atoms with E-state index in [1.54, 1.807) is 14.0 Å². The van der Waals surface area contributed by atoms with Gasteiger partial charge in [-0.15, -0.1) is 0 Å². The molecule has 4 nitrogen and oxygen atoms in total. The summed E-state index contributed by atoms with van der Waals surface area (Å²) in [6, 6.07) is 3.05. The summed E-state index contributed by atoms with van der Waals surface area (Å²) >= 11 is 0. The van der Waals surface area contributed by atoms with E-state index in [0.29, 0.717) is 23.6 Å². The topological polar surface area (TPSA) is 47.0 Å². The molecule has 0 unspecified atom stereocenters. The Labute approximate surface area is 122 Å². The van der Waals surface area contributed by atoms with Crippen LogP contribution in [0.1, 0.15) is 24.7 Å². The van der Waals surface area contributed by atoms with E-state index >= 15 is 0 Å². The SMILES string of the molecule is CCCc1nc(NC)c(C)c(Oc2cc(F)ccc2F)n1. The van der Waals surface area contributed by atoms with E-state index in [-0.39, 0.29) is 11.6 Å². The summed E-state index contributed by atoms with van der Waals surface area (Å²) in [5, 5.41) is 2.95. The Kier molecular flexibility index (Phi) is 4.67. The first-order valence-corrected chi connectivity index (χ1v) is 6.73. The fraction of sp³-hybridized carbons (Fsp3) is 0.333. The van der Waals surface area contributed by atoms with Gasteiger partial charge in [-0.3, -0.25) is 0 Å². The van der Waals surface area contributed by atoms with Gasteiger partial charge in [-0.2, -0.15) is 4.98 Å².